The number of benzene rings is 2. The zero-order chi connectivity index (χ0) is 19.4. The van der Waals surface area contributed by atoms with Crippen molar-refractivity contribution < 1.29 is 13.2 Å². The van der Waals surface area contributed by atoms with Crippen LogP contribution >= 0.6 is 0 Å². The van der Waals surface area contributed by atoms with Crippen molar-refractivity contribution in [3.05, 3.63) is 59.7 Å². The largest absolute Gasteiger partial charge is 0.372 e. The SMILES string of the molecule is CC(C)S(=O)(=O)N[C@H]1CCCO[C@H]1c1ccc(-c2ccccc2C#N)cc1. The normalized spacial score (nSPS) is 20.4. The Morgan fingerprint density at radius 1 is 1.15 bits per heavy atom. The number of nitrogens with zero attached hydrogens (tertiary/aromatic N) is 1. The Morgan fingerprint density at radius 3 is 2.52 bits per heavy atom. The van der Waals surface area contributed by atoms with Crippen molar-refractivity contribution in [1.29, 1.82) is 5.26 Å². The maximum Gasteiger partial charge on any atom is 0.214 e. The average molecular weight is 385 g/mol. The molecule has 0 bridgehead atoms. The van der Waals surface area contributed by atoms with Crippen molar-refractivity contribution in [1.82, 2.24) is 4.72 Å². The smallest absolute Gasteiger partial charge is 0.214 e. The van der Waals surface area contributed by atoms with Gasteiger partial charge in [-0.15, -0.1) is 0 Å². The van der Waals surface area contributed by atoms with E-state index in [9.17, 15) is 13.7 Å². The van der Waals surface area contributed by atoms with Gasteiger partial charge in [-0.2, -0.15) is 5.26 Å². The number of rotatable bonds is 5. The minimum atomic E-state index is -3.36. The summed E-state index contributed by atoms with van der Waals surface area (Å²) in [5.74, 6) is 0. The van der Waals surface area contributed by atoms with Gasteiger partial charge < -0.3 is 4.74 Å². The monoisotopic (exact) mass is 384 g/mol. The summed E-state index contributed by atoms with van der Waals surface area (Å²) in [6.45, 7) is 3.95. The van der Waals surface area contributed by atoms with Gasteiger partial charge in [0.2, 0.25) is 10.0 Å². The second kappa shape index (κ2) is 8.22. The molecule has 0 saturated carbocycles. The molecule has 1 aliphatic rings. The summed E-state index contributed by atoms with van der Waals surface area (Å²) in [5.41, 5.74) is 3.39. The van der Waals surface area contributed by atoms with Crippen LogP contribution in [0.4, 0.5) is 0 Å². The first-order valence-corrected chi connectivity index (χ1v) is 10.7. The quantitative estimate of drug-likeness (QED) is 0.851. The number of hydrogen-bond acceptors (Lipinski definition) is 4. The van der Waals surface area contributed by atoms with Crippen LogP contribution in [0.5, 0.6) is 0 Å². The lowest BCUT2D eigenvalue weighted by atomic mass is 9.94. The standard InChI is InChI=1S/C21H24N2O3S/c1-15(2)27(24,25)23-20-8-5-13-26-21(20)17-11-9-16(10-12-17)19-7-4-3-6-18(19)14-22/h3-4,6-7,9-12,15,20-21,23H,5,8,13H2,1-2H3/t20-,21-/m0/s1. The van der Waals surface area contributed by atoms with E-state index in [1.807, 2.05) is 42.5 Å². The molecule has 0 radical (unpaired) electrons. The molecule has 0 aliphatic carbocycles. The van der Waals surface area contributed by atoms with Crippen molar-refractivity contribution in [3.63, 3.8) is 0 Å². The Labute approximate surface area is 161 Å². The predicted molar refractivity (Wildman–Crippen MR) is 105 cm³/mol. The fraction of sp³-hybridized carbons (Fsp3) is 0.381. The zero-order valence-corrected chi connectivity index (χ0v) is 16.4. The molecule has 27 heavy (non-hydrogen) atoms. The van der Waals surface area contributed by atoms with Gasteiger partial charge in [-0.25, -0.2) is 13.1 Å². The molecule has 1 heterocycles. The third kappa shape index (κ3) is 4.38. The maximum absolute atomic E-state index is 12.3. The Morgan fingerprint density at radius 2 is 1.85 bits per heavy atom. The van der Waals surface area contributed by atoms with E-state index in [2.05, 4.69) is 10.8 Å². The van der Waals surface area contributed by atoms with Gasteiger partial charge in [0.25, 0.3) is 0 Å². The fourth-order valence-electron chi connectivity index (χ4n) is 3.26. The third-order valence-corrected chi connectivity index (χ3v) is 6.73. The first-order valence-electron chi connectivity index (χ1n) is 9.14. The topological polar surface area (TPSA) is 79.2 Å². The summed E-state index contributed by atoms with van der Waals surface area (Å²) in [6.07, 6.45) is 1.26. The summed E-state index contributed by atoms with van der Waals surface area (Å²) in [5, 5.41) is 8.81. The van der Waals surface area contributed by atoms with Gasteiger partial charge in [0.15, 0.2) is 0 Å². The molecule has 0 spiro atoms. The third-order valence-electron chi connectivity index (χ3n) is 4.86. The molecule has 5 nitrogen and oxygen atoms in total. The fourth-order valence-corrected chi connectivity index (χ4v) is 4.20. The molecule has 0 unspecified atom stereocenters. The van der Waals surface area contributed by atoms with E-state index in [0.717, 1.165) is 29.5 Å². The van der Waals surface area contributed by atoms with E-state index >= 15 is 0 Å². The lowest BCUT2D eigenvalue weighted by molar-refractivity contribution is -0.00446. The van der Waals surface area contributed by atoms with Crippen LogP contribution in [-0.2, 0) is 14.8 Å². The Balaban J connectivity index is 1.85. The molecular formula is C21H24N2O3S. The molecule has 1 N–H and O–H groups in total. The minimum absolute atomic E-state index is 0.275. The number of nitrogens with one attached hydrogen (secondary N) is 1. The molecule has 1 fully saturated rings. The van der Waals surface area contributed by atoms with Gasteiger partial charge in [0, 0.05) is 6.61 Å². The number of ether oxygens (including phenoxy) is 1. The maximum atomic E-state index is 12.3. The lowest BCUT2D eigenvalue weighted by Gasteiger charge is -2.33. The average Bonchev–Trinajstić information content (AvgIpc) is 2.68. The van der Waals surface area contributed by atoms with Crippen molar-refractivity contribution >= 4 is 10.0 Å². The molecule has 0 amide bonds. The van der Waals surface area contributed by atoms with Gasteiger partial charge in [0.05, 0.1) is 29.0 Å². The number of sulfonamides is 1. The van der Waals surface area contributed by atoms with Crippen LogP contribution in [0.1, 0.15) is 43.9 Å². The van der Waals surface area contributed by atoms with Crippen molar-refractivity contribution in [2.75, 3.05) is 6.61 Å². The lowest BCUT2D eigenvalue weighted by Crippen LogP contribution is -2.45. The molecule has 1 aliphatic heterocycles. The van der Waals surface area contributed by atoms with E-state index in [4.69, 9.17) is 4.74 Å². The van der Waals surface area contributed by atoms with Gasteiger partial charge in [-0.1, -0.05) is 42.5 Å². The van der Waals surface area contributed by atoms with Crippen LogP contribution in [0.15, 0.2) is 48.5 Å². The van der Waals surface area contributed by atoms with E-state index in [1.54, 1.807) is 19.9 Å². The molecule has 142 valence electrons. The van der Waals surface area contributed by atoms with Crippen molar-refractivity contribution in [2.45, 2.75) is 44.1 Å². The highest BCUT2D eigenvalue weighted by Gasteiger charge is 2.31. The van der Waals surface area contributed by atoms with Gasteiger partial charge in [-0.05, 0) is 49.4 Å². The Bertz CT molecular complexity index is 931. The number of nitriles is 1. The molecule has 6 heteroatoms. The summed E-state index contributed by atoms with van der Waals surface area (Å²) >= 11 is 0. The van der Waals surface area contributed by atoms with Gasteiger partial charge in [-0.3, -0.25) is 0 Å². The van der Waals surface area contributed by atoms with Crippen molar-refractivity contribution in [2.24, 2.45) is 0 Å². The highest BCUT2D eigenvalue weighted by Crippen LogP contribution is 2.31. The minimum Gasteiger partial charge on any atom is -0.372 e. The molecule has 2 aromatic rings. The highest BCUT2D eigenvalue weighted by molar-refractivity contribution is 7.90. The van der Waals surface area contributed by atoms with E-state index in [-0.39, 0.29) is 12.1 Å². The van der Waals surface area contributed by atoms with Crippen LogP contribution in [0.3, 0.4) is 0 Å². The summed E-state index contributed by atoms with van der Waals surface area (Å²) in [4.78, 5) is 0. The first-order chi connectivity index (χ1) is 12.9. The van der Waals surface area contributed by atoms with Crippen LogP contribution in [0.25, 0.3) is 11.1 Å². The molecule has 2 aromatic carbocycles. The molecule has 0 aromatic heterocycles. The molecule has 3 rings (SSSR count). The van der Waals surface area contributed by atoms with Crippen LogP contribution < -0.4 is 4.72 Å². The van der Waals surface area contributed by atoms with E-state index in [1.165, 1.54) is 0 Å². The zero-order valence-electron chi connectivity index (χ0n) is 15.6. The predicted octanol–water partition coefficient (Wildman–Crippen LogP) is 3.77. The van der Waals surface area contributed by atoms with Gasteiger partial charge in [0.1, 0.15) is 0 Å². The van der Waals surface area contributed by atoms with E-state index < -0.39 is 15.3 Å². The van der Waals surface area contributed by atoms with Crippen LogP contribution in [0, 0.1) is 11.3 Å². The summed E-state index contributed by atoms with van der Waals surface area (Å²) in [7, 11) is -3.36. The molecular weight excluding hydrogens is 360 g/mol. The van der Waals surface area contributed by atoms with E-state index in [0.29, 0.717) is 12.2 Å². The molecule has 1 saturated heterocycles. The summed E-state index contributed by atoms with van der Waals surface area (Å²) in [6, 6.07) is 17.2. The Hall–Kier alpha value is -2.20. The second-order valence-electron chi connectivity index (χ2n) is 7.03. The second-order valence-corrected chi connectivity index (χ2v) is 9.30. The molecule has 2 atom stereocenters. The van der Waals surface area contributed by atoms with Crippen LogP contribution in [0.2, 0.25) is 0 Å². The van der Waals surface area contributed by atoms with Crippen LogP contribution in [-0.4, -0.2) is 26.3 Å². The highest BCUT2D eigenvalue weighted by atomic mass is 32.2. The first kappa shape index (κ1) is 19.6. The number of hydrogen-bond donors (Lipinski definition) is 1. The Kier molecular flexibility index (Phi) is 5.95. The van der Waals surface area contributed by atoms with Crippen molar-refractivity contribution in [3.8, 4) is 17.2 Å². The summed E-state index contributed by atoms with van der Waals surface area (Å²) < 4.78 is 33.3. The van der Waals surface area contributed by atoms with Gasteiger partial charge >= 0.3 is 0 Å².